The number of halogens is 2. The highest BCUT2D eigenvalue weighted by Crippen LogP contribution is 2.17. The lowest BCUT2D eigenvalue weighted by Crippen LogP contribution is -2.26. The molecule has 9 heteroatoms. The number of carbonyl (C=O) groups excluding carboxylic acids is 3. The van der Waals surface area contributed by atoms with Crippen LogP contribution in [-0.2, 0) is 19.1 Å². The Morgan fingerprint density at radius 2 is 1.75 bits per heavy atom. The molecule has 2 N–H and O–H groups in total. The number of hydrogen-bond acceptors (Lipinski definition) is 5. The van der Waals surface area contributed by atoms with Gasteiger partial charge in [0, 0.05) is 9.26 Å². The molecule has 0 aliphatic carbocycles. The maximum atomic E-state index is 12.8. The van der Waals surface area contributed by atoms with Crippen molar-refractivity contribution in [2.75, 3.05) is 23.0 Å². The number of amides is 2. The standard InChI is InChI=1S/C19H18FIN2O4S/c1-12(28-11-18(25)22-14-8-6-13(20)7-9-14)19(26)27-10-17(24)23-16-5-3-2-4-15(16)21/h2-9,12H,10-11H2,1H3,(H,22,25)(H,23,24). The van der Waals surface area contributed by atoms with Gasteiger partial charge in [-0.3, -0.25) is 14.4 Å². The van der Waals surface area contributed by atoms with Crippen molar-refractivity contribution in [3.63, 3.8) is 0 Å². The zero-order valence-electron chi connectivity index (χ0n) is 14.9. The SMILES string of the molecule is CC(SCC(=O)Nc1ccc(F)cc1)C(=O)OCC(=O)Nc1ccccc1I. The molecule has 0 bridgehead atoms. The Bertz CT molecular complexity index is 848. The monoisotopic (exact) mass is 516 g/mol. The van der Waals surface area contributed by atoms with Gasteiger partial charge in [-0.1, -0.05) is 12.1 Å². The van der Waals surface area contributed by atoms with E-state index in [9.17, 15) is 18.8 Å². The van der Waals surface area contributed by atoms with Crippen molar-refractivity contribution in [3.8, 4) is 0 Å². The van der Waals surface area contributed by atoms with Crippen LogP contribution >= 0.6 is 34.4 Å². The fourth-order valence-corrected chi connectivity index (χ4v) is 3.20. The second-order valence-electron chi connectivity index (χ2n) is 5.64. The molecule has 28 heavy (non-hydrogen) atoms. The molecule has 2 rings (SSSR count). The summed E-state index contributed by atoms with van der Waals surface area (Å²) in [5.41, 5.74) is 1.11. The quantitative estimate of drug-likeness (QED) is 0.414. The van der Waals surface area contributed by atoms with Gasteiger partial charge in [-0.2, -0.15) is 0 Å². The van der Waals surface area contributed by atoms with Crippen LogP contribution in [0.15, 0.2) is 48.5 Å². The average molecular weight is 516 g/mol. The molecular weight excluding hydrogens is 498 g/mol. The number of benzene rings is 2. The summed E-state index contributed by atoms with van der Waals surface area (Å²) in [6.45, 7) is 1.19. The minimum Gasteiger partial charge on any atom is -0.455 e. The van der Waals surface area contributed by atoms with Crippen LogP contribution in [0.3, 0.4) is 0 Å². The van der Waals surface area contributed by atoms with E-state index < -0.39 is 29.6 Å². The fraction of sp³-hybridized carbons (Fsp3) is 0.211. The Balaban J connectivity index is 1.70. The number of anilines is 2. The first-order chi connectivity index (χ1) is 13.3. The van der Waals surface area contributed by atoms with Gasteiger partial charge in [0.15, 0.2) is 6.61 Å². The lowest BCUT2D eigenvalue weighted by atomic mass is 10.3. The number of thioether (sulfide) groups is 1. The molecule has 6 nitrogen and oxygen atoms in total. The van der Waals surface area contributed by atoms with Crippen LogP contribution in [0, 0.1) is 9.39 Å². The number of esters is 1. The van der Waals surface area contributed by atoms with E-state index in [4.69, 9.17) is 4.74 Å². The third-order valence-corrected chi connectivity index (χ3v) is 5.48. The van der Waals surface area contributed by atoms with Gasteiger partial charge in [0.2, 0.25) is 5.91 Å². The van der Waals surface area contributed by atoms with Gasteiger partial charge in [-0.15, -0.1) is 11.8 Å². The third kappa shape index (κ3) is 7.47. The number of rotatable bonds is 8. The molecule has 1 unspecified atom stereocenters. The van der Waals surface area contributed by atoms with Crippen molar-refractivity contribution >= 4 is 63.5 Å². The molecule has 0 fully saturated rings. The van der Waals surface area contributed by atoms with E-state index in [1.165, 1.54) is 24.3 Å². The average Bonchev–Trinajstić information content (AvgIpc) is 2.68. The smallest absolute Gasteiger partial charge is 0.319 e. The van der Waals surface area contributed by atoms with Crippen LogP contribution in [0.25, 0.3) is 0 Å². The third-order valence-electron chi connectivity index (χ3n) is 3.42. The zero-order valence-corrected chi connectivity index (χ0v) is 17.9. The number of ether oxygens (including phenoxy) is 1. The molecule has 2 aromatic rings. The number of hydrogen-bond donors (Lipinski definition) is 2. The van der Waals surface area contributed by atoms with E-state index in [1.807, 2.05) is 12.1 Å². The van der Waals surface area contributed by atoms with Crippen LogP contribution in [0.5, 0.6) is 0 Å². The number of nitrogens with one attached hydrogen (secondary N) is 2. The summed E-state index contributed by atoms with van der Waals surface area (Å²) in [5, 5.41) is 4.65. The molecule has 0 aliphatic heterocycles. The summed E-state index contributed by atoms with van der Waals surface area (Å²) in [6, 6.07) is 12.6. The molecule has 0 heterocycles. The molecular formula is C19H18FIN2O4S. The second-order valence-corrected chi connectivity index (χ2v) is 8.14. The normalized spacial score (nSPS) is 11.4. The van der Waals surface area contributed by atoms with Crippen LogP contribution in [-0.4, -0.2) is 35.4 Å². The largest absolute Gasteiger partial charge is 0.455 e. The summed E-state index contributed by atoms with van der Waals surface area (Å²) in [4.78, 5) is 35.8. The van der Waals surface area contributed by atoms with E-state index >= 15 is 0 Å². The Hall–Kier alpha value is -2.14. The van der Waals surface area contributed by atoms with Crippen LogP contribution in [0.1, 0.15) is 6.92 Å². The minimum atomic E-state index is -0.622. The summed E-state index contributed by atoms with van der Waals surface area (Å²) in [7, 11) is 0. The highest BCUT2D eigenvalue weighted by Gasteiger charge is 2.18. The molecule has 1 atom stereocenters. The Labute approximate surface area is 179 Å². The lowest BCUT2D eigenvalue weighted by molar-refractivity contribution is -0.146. The van der Waals surface area contributed by atoms with Gasteiger partial charge in [0.05, 0.1) is 11.4 Å². The molecule has 148 valence electrons. The molecule has 0 spiro atoms. The van der Waals surface area contributed by atoms with Gasteiger partial charge < -0.3 is 15.4 Å². The first kappa shape index (κ1) is 22.2. The molecule has 0 radical (unpaired) electrons. The van der Waals surface area contributed by atoms with Gasteiger partial charge in [0.25, 0.3) is 5.91 Å². The Morgan fingerprint density at radius 3 is 2.43 bits per heavy atom. The summed E-state index contributed by atoms with van der Waals surface area (Å²) in [5.74, 6) is -1.73. The van der Waals surface area contributed by atoms with Gasteiger partial charge >= 0.3 is 5.97 Å². The first-order valence-electron chi connectivity index (χ1n) is 8.23. The fourth-order valence-electron chi connectivity index (χ4n) is 2.00. The van der Waals surface area contributed by atoms with Crippen molar-refractivity contribution in [1.82, 2.24) is 0 Å². The van der Waals surface area contributed by atoms with E-state index in [2.05, 4.69) is 33.2 Å². The predicted octanol–water partition coefficient (Wildman–Crippen LogP) is 3.67. The Morgan fingerprint density at radius 1 is 1.07 bits per heavy atom. The van der Waals surface area contributed by atoms with Crippen LogP contribution in [0.4, 0.5) is 15.8 Å². The van der Waals surface area contributed by atoms with Gasteiger partial charge in [-0.05, 0) is 65.9 Å². The van der Waals surface area contributed by atoms with E-state index in [0.717, 1.165) is 15.3 Å². The summed E-state index contributed by atoms with van der Waals surface area (Å²) < 4.78 is 18.7. The molecule has 2 aromatic carbocycles. The van der Waals surface area contributed by atoms with Crippen molar-refractivity contribution in [2.24, 2.45) is 0 Å². The van der Waals surface area contributed by atoms with Crippen molar-refractivity contribution < 1.29 is 23.5 Å². The first-order valence-corrected chi connectivity index (χ1v) is 10.4. The number of carbonyl (C=O) groups is 3. The second kappa shape index (κ2) is 11.0. The maximum Gasteiger partial charge on any atom is 0.319 e. The lowest BCUT2D eigenvalue weighted by Gasteiger charge is -2.12. The molecule has 0 saturated heterocycles. The predicted molar refractivity (Wildman–Crippen MR) is 116 cm³/mol. The molecule has 0 aromatic heterocycles. The van der Waals surface area contributed by atoms with E-state index in [1.54, 1.807) is 19.1 Å². The minimum absolute atomic E-state index is 0.0159. The van der Waals surface area contributed by atoms with Crippen LogP contribution in [0.2, 0.25) is 0 Å². The number of para-hydroxylation sites is 1. The highest BCUT2D eigenvalue weighted by molar-refractivity contribution is 14.1. The van der Waals surface area contributed by atoms with E-state index in [0.29, 0.717) is 11.4 Å². The molecule has 0 saturated carbocycles. The van der Waals surface area contributed by atoms with Crippen molar-refractivity contribution in [3.05, 3.63) is 57.9 Å². The molecule has 2 amide bonds. The summed E-state index contributed by atoms with van der Waals surface area (Å²) >= 11 is 3.17. The summed E-state index contributed by atoms with van der Waals surface area (Å²) in [6.07, 6.45) is 0. The Kier molecular flexibility index (Phi) is 8.71. The van der Waals surface area contributed by atoms with Crippen molar-refractivity contribution in [1.29, 1.82) is 0 Å². The topological polar surface area (TPSA) is 84.5 Å². The maximum absolute atomic E-state index is 12.8. The van der Waals surface area contributed by atoms with Crippen LogP contribution < -0.4 is 10.6 Å². The van der Waals surface area contributed by atoms with Crippen molar-refractivity contribution in [2.45, 2.75) is 12.2 Å². The van der Waals surface area contributed by atoms with E-state index in [-0.39, 0.29) is 11.7 Å². The zero-order chi connectivity index (χ0) is 20.5. The molecule has 0 aliphatic rings. The highest BCUT2D eigenvalue weighted by atomic mass is 127. The van der Waals surface area contributed by atoms with Gasteiger partial charge in [-0.25, -0.2) is 4.39 Å². The van der Waals surface area contributed by atoms with Gasteiger partial charge in [0.1, 0.15) is 11.1 Å².